The van der Waals surface area contributed by atoms with Crippen LogP contribution >= 0.6 is 0 Å². The fourth-order valence-corrected chi connectivity index (χ4v) is 2.76. The van der Waals surface area contributed by atoms with Crippen molar-refractivity contribution in [3.05, 3.63) is 42.1 Å². The zero-order valence-electron chi connectivity index (χ0n) is 14.3. The van der Waals surface area contributed by atoms with Crippen molar-refractivity contribution in [3.8, 4) is 11.3 Å². The highest BCUT2D eigenvalue weighted by atomic mass is 16.4. The van der Waals surface area contributed by atoms with E-state index in [1.165, 1.54) is 0 Å². The molecule has 6 heteroatoms. The molecule has 1 aromatic heterocycles. The van der Waals surface area contributed by atoms with E-state index in [4.69, 9.17) is 0 Å². The van der Waals surface area contributed by atoms with Crippen LogP contribution in [0, 0.1) is 11.3 Å². The summed E-state index contributed by atoms with van der Waals surface area (Å²) >= 11 is 0. The van der Waals surface area contributed by atoms with Gasteiger partial charge in [-0.05, 0) is 43.5 Å². The van der Waals surface area contributed by atoms with Crippen LogP contribution in [0.25, 0.3) is 11.3 Å². The quantitative estimate of drug-likeness (QED) is 0.759. The van der Waals surface area contributed by atoms with Gasteiger partial charge in [0.2, 0.25) is 0 Å². The third kappa shape index (κ3) is 3.64. The standard InChI is InChI=1S/C18H23N3O3/c1-11(2)15(18(3,4)17(23)24)20-16(22)13-7-5-12(6-8-13)14-9-10-19-21-14/h5-11,15H,1-4H3,(H,19,21)(H,20,22)(H,23,24)/t15-/m1/s1. The molecule has 6 nitrogen and oxygen atoms in total. The summed E-state index contributed by atoms with van der Waals surface area (Å²) in [5.74, 6) is -1.22. The van der Waals surface area contributed by atoms with Gasteiger partial charge in [0.15, 0.2) is 0 Å². The molecule has 0 radical (unpaired) electrons. The number of aromatic amines is 1. The predicted molar refractivity (Wildman–Crippen MR) is 91.5 cm³/mol. The number of benzene rings is 1. The molecule has 1 atom stereocenters. The molecule has 0 aliphatic carbocycles. The molecule has 0 unspecified atom stereocenters. The highest BCUT2D eigenvalue weighted by Gasteiger charge is 2.39. The fourth-order valence-electron chi connectivity index (χ4n) is 2.76. The number of rotatable bonds is 6. The minimum absolute atomic E-state index is 0.00989. The van der Waals surface area contributed by atoms with Crippen LogP contribution in [0.3, 0.4) is 0 Å². The Morgan fingerprint density at radius 3 is 2.25 bits per heavy atom. The van der Waals surface area contributed by atoms with Gasteiger partial charge in [-0.3, -0.25) is 14.7 Å². The number of aliphatic carboxylic acids is 1. The molecule has 1 heterocycles. The average molecular weight is 329 g/mol. The number of carboxylic acid groups (broad SMARTS) is 1. The monoisotopic (exact) mass is 329 g/mol. The van der Waals surface area contributed by atoms with E-state index in [0.717, 1.165) is 11.3 Å². The number of nitrogens with zero attached hydrogens (tertiary/aromatic N) is 1. The number of hydrogen-bond acceptors (Lipinski definition) is 3. The van der Waals surface area contributed by atoms with Crippen molar-refractivity contribution < 1.29 is 14.7 Å². The molecule has 0 bridgehead atoms. The zero-order valence-corrected chi connectivity index (χ0v) is 14.3. The molecule has 0 spiro atoms. The summed E-state index contributed by atoms with van der Waals surface area (Å²) in [6.07, 6.45) is 1.66. The Kier molecular flexibility index (Phi) is 5.07. The van der Waals surface area contributed by atoms with E-state index in [1.807, 2.05) is 32.0 Å². The number of carbonyl (C=O) groups is 2. The first-order chi connectivity index (χ1) is 11.2. The third-order valence-electron chi connectivity index (χ3n) is 4.24. The van der Waals surface area contributed by atoms with Crippen LogP contribution in [0.15, 0.2) is 36.5 Å². The third-order valence-corrected chi connectivity index (χ3v) is 4.24. The second-order valence-electron chi connectivity index (χ2n) is 6.77. The van der Waals surface area contributed by atoms with E-state index < -0.39 is 17.4 Å². The van der Waals surface area contributed by atoms with Crippen molar-refractivity contribution in [1.29, 1.82) is 0 Å². The minimum Gasteiger partial charge on any atom is -0.481 e. The molecule has 1 amide bonds. The van der Waals surface area contributed by atoms with E-state index in [9.17, 15) is 14.7 Å². The number of carboxylic acids is 1. The summed E-state index contributed by atoms with van der Waals surface area (Å²) in [5.41, 5.74) is 1.23. The van der Waals surface area contributed by atoms with Gasteiger partial charge in [0.25, 0.3) is 5.91 Å². The number of H-pyrrole nitrogens is 1. The van der Waals surface area contributed by atoms with Crippen molar-refractivity contribution in [2.75, 3.05) is 0 Å². The number of carbonyl (C=O) groups excluding carboxylic acids is 1. The Balaban J connectivity index is 2.17. The Labute approximate surface area is 141 Å². The van der Waals surface area contributed by atoms with E-state index in [1.54, 1.807) is 32.2 Å². The van der Waals surface area contributed by atoms with Gasteiger partial charge in [0, 0.05) is 17.8 Å². The van der Waals surface area contributed by atoms with Crippen LogP contribution < -0.4 is 5.32 Å². The molecule has 1 aromatic carbocycles. The maximum atomic E-state index is 12.5. The smallest absolute Gasteiger partial charge is 0.311 e. The van der Waals surface area contributed by atoms with E-state index >= 15 is 0 Å². The maximum Gasteiger partial charge on any atom is 0.311 e. The summed E-state index contributed by atoms with van der Waals surface area (Å²) in [6.45, 7) is 7.05. The van der Waals surface area contributed by atoms with Gasteiger partial charge in [0.1, 0.15) is 0 Å². The number of amides is 1. The SMILES string of the molecule is CC(C)[C@@H](NC(=O)c1ccc(-c2ccn[nH]2)cc1)C(C)(C)C(=O)O. The first kappa shape index (κ1) is 17.7. The lowest BCUT2D eigenvalue weighted by Crippen LogP contribution is -2.51. The van der Waals surface area contributed by atoms with Gasteiger partial charge < -0.3 is 10.4 Å². The summed E-state index contributed by atoms with van der Waals surface area (Å²) in [5, 5.41) is 19.1. The van der Waals surface area contributed by atoms with Crippen LogP contribution in [0.5, 0.6) is 0 Å². The second kappa shape index (κ2) is 6.86. The molecular formula is C18H23N3O3. The molecule has 3 N–H and O–H groups in total. The Morgan fingerprint density at radius 1 is 1.17 bits per heavy atom. The van der Waals surface area contributed by atoms with Crippen molar-refractivity contribution in [2.24, 2.45) is 11.3 Å². The summed E-state index contributed by atoms with van der Waals surface area (Å²) in [6, 6.07) is 8.46. The highest BCUT2D eigenvalue weighted by Crippen LogP contribution is 2.27. The van der Waals surface area contributed by atoms with Gasteiger partial charge in [-0.15, -0.1) is 0 Å². The van der Waals surface area contributed by atoms with E-state index in [2.05, 4.69) is 15.5 Å². The van der Waals surface area contributed by atoms with E-state index in [-0.39, 0.29) is 11.8 Å². The van der Waals surface area contributed by atoms with Crippen molar-refractivity contribution in [1.82, 2.24) is 15.5 Å². The first-order valence-electron chi connectivity index (χ1n) is 7.87. The predicted octanol–water partition coefficient (Wildman–Crippen LogP) is 2.94. The Bertz CT molecular complexity index is 704. The number of aromatic nitrogens is 2. The van der Waals surface area contributed by atoms with Gasteiger partial charge in [-0.25, -0.2) is 0 Å². The van der Waals surface area contributed by atoms with Crippen LogP contribution in [-0.4, -0.2) is 33.2 Å². The molecule has 0 saturated heterocycles. The molecule has 0 fully saturated rings. The van der Waals surface area contributed by atoms with E-state index in [0.29, 0.717) is 5.56 Å². The van der Waals surface area contributed by atoms with Gasteiger partial charge >= 0.3 is 5.97 Å². The Hall–Kier alpha value is -2.63. The van der Waals surface area contributed by atoms with Gasteiger partial charge in [-0.1, -0.05) is 26.0 Å². The molecule has 128 valence electrons. The molecule has 0 aliphatic heterocycles. The molecule has 24 heavy (non-hydrogen) atoms. The molecule has 0 saturated carbocycles. The van der Waals surface area contributed by atoms with Crippen LogP contribution in [-0.2, 0) is 4.79 Å². The first-order valence-corrected chi connectivity index (χ1v) is 7.87. The van der Waals surface area contributed by atoms with Crippen molar-refractivity contribution in [2.45, 2.75) is 33.7 Å². The maximum absolute atomic E-state index is 12.5. The lowest BCUT2D eigenvalue weighted by atomic mass is 9.78. The summed E-state index contributed by atoms with van der Waals surface area (Å²) in [4.78, 5) is 24.0. The lowest BCUT2D eigenvalue weighted by molar-refractivity contribution is -0.149. The highest BCUT2D eigenvalue weighted by molar-refractivity contribution is 5.95. The summed E-state index contributed by atoms with van der Waals surface area (Å²) < 4.78 is 0. The zero-order chi connectivity index (χ0) is 17.9. The second-order valence-corrected chi connectivity index (χ2v) is 6.77. The molecule has 2 rings (SSSR count). The normalized spacial score (nSPS) is 12.9. The molecular weight excluding hydrogens is 306 g/mol. The topological polar surface area (TPSA) is 95.1 Å². The molecule has 2 aromatic rings. The van der Waals surface area contributed by atoms with Crippen molar-refractivity contribution >= 4 is 11.9 Å². The minimum atomic E-state index is -1.06. The van der Waals surface area contributed by atoms with Crippen LogP contribution in [0.1, 0.15) is 38.1 Å². The number of nitrogens with one attached hydrogen (secondary N) is 2. The summed E-state index contributed by atoms with van der Waals surface area (Å²) in [7, 11) is 0. The van der Waals surface area contributed by atoms with Crippen molar-refractivity contribution in [3.63, 3.8) is 0 Å². The Morgan fingerprint density at radius 2 is 1.79 bits per heavy atom. The van der Waals surface area contributed by atoms with Gasteiger partial charge in [-0.2, -0.15) is 5.10 Å². The lowest BCUT2D eigenvalue weighted by Gasteiger charge is -2.34. The fraction of sp³-hybridized carbons (Fsp3) is 0.389. The average Bonchev–Trinajstić information content (AvgIpc) is 3.06. The van der Waals surface area contributed by atoms with Gasteiger partial charge in [0.05, 0.1) is 11.1 Å². The largest absolute Gasteiger partial charge is 0.481 e. The van der Waals surface area contributed by atoms with Crippen LogP contribution in [0.2, 0.25) is 0 Å². The van der Waals surface area contributed by atoms with Crippen LogP contribution in [0.4, 0.5) is 0 Å². The molecule has 0 aliphatic rings. The number of hydrogen-bond donors (Lipinski definition) is 3.